The van der Waals surface area contributed by atoms with Gasteiger partial charge < -0.3 is 24.4 Å². The maximum Gasteiger partial charge on any atom is 0.410 e. The van der Waals surface area contributed by atoms with Gasteiger partial charge in [0.1, 0.15) is 11.2 Å². The molecule has 172 valence electrons. The van der Waals surface area contributed by atoms with E-state index in [4.69, 9.17) is 9.47 Å². The number of nitrogens with zero attached hydrogens (tertiary/aromatic N) is 2. The third-order valence-electron chi connectivity index (χ3n) is 4.91. The van der Waals surface area contributed by atoms with Gasteiger partial charge in [0.15, 0.2) is 0 Å². The second-order valence-electron chi connectivity index (χ2n) is 10.1. The van der Waals surface area contributed by atoms with Gasteiger partial charge in [0.05, 0.1) is 12.6 Å². The van der Waals surface area contributed by atoms with Crippen molar-refractivity contribution >= 4 is 12.2 Å². The molecule has 2 rings (SSSR count). The lowest BCUT2D eigenvalue weighted by Gasteiger charge is -2.24. The Kier molecular flexibility index (Phi) is 8.96. The summed E-state index contributed by atoms with van der Waals surface area (Å²) < 4.78 is 10.5. The monoisotopic (exact) mass is 424 g/mol. The minimum absolute atomic E-state index is 0.0440. The number of hydrogen-bond acceptors (Lipinski definition) is 5. The highest BCUT2D eigenvalue weighted by Gasteiger charge is 2.34. The van der Waals surface area contributed by atoms with E-state index in [0.717, 1.165) is 13.1 Å². The van der Waals surface area contributed by atoms with Crippen molar-refractivity contribution < 1.29 is 24.2 Å². The average Bonchev–Trinajstić information content (AvgIpc) is 3.15. The molecule has 0 aromatic heterocycles. The third-order valence-corrected chi connectivity index (χ3v) is 4.91. The van der Waals surface area contributed by atoms with Crippen molar-refractivity contribution in [1.29, 1.82) is 0 Å². The van der Waals surface area contributed by atoms with Gasteiger partial charge in [0, 0.05) is 25.6 Å². The van der Waals surface area contributed by atoms with Crippen molar-refractivity contribution in [3.8, 4) is 0 Å². The van der Waals surface area contributed by atoms with Crippen LogP contribution in [-0.4, -0.2) is 70.6 Å². The van der Waals surface area contributed by atoms with Gasteiger partial charge in [-0.15, -0.1) is 13.2 Å². The van der Waals surface area contributed by atoms with Gasteiger partial charge >= 0.3 is 12.2 Å². The second kappa shape index (κ2) is 10.3. The molecule has 2 amide bonds. The standard InChI is InChI=1S/C12H21NO2.C11H19NO3/c1-6-10-8-13(7-9(10)2)11(14)15-12(3,4)5;1-5-8-6-12(7-9(8)13)10(14)15-11(2,3)4/h6,9-10H,1,7-8H2,2-5H3;5,8-9,13H,1,6-7H2,2-4H3/t9-,10+;8-,9+/m01/s1. The largest absolute Gasteiger partial charge is 0.444 e. The summed E-state index contributed by atoms with van der Waals surface area (Å²) in [7, 11) is 0. The lowest BCUT2D eigenvalue weighted by molar-refractivity contribution is 0.0265. The van der Waals surface area contributed by atoms with Gasteiger partial charge in [-0.05, 0) is 53.4 Å². The summed E-state index contributed by atoms with van der Waals surface area (Å²) in [6.07, 6.45) is 2.50. The normalized spacial score (nSPS) is 26.5. The zero-order valence-corrected chi connectivity index (χ0v) is 19.7. The Bertz CT molecular complexity index is 566. The number of carbonyl (C=O) groups is 2. The van der Waals surface area contributed by atoms with E-state index >= 15 is 0 Å². The van der Waals surface area contributed by atoms with Crippen LogP contribution in [0.5, 0.6) is 0 Å². The van der Waals surface area contributed by atoms with Gasteiger partial charge in [-0.2, -0.15) is 0 Å². The van der Waals surface area contributed by atoms with Crippen LogP contribution in [0, 0.1) is 17.8 Å². The quantitative estimate of drug-likeness (QED) is 0.676. The average molecular weight is 425 g/mol. The van der Waals surface area contributed by atoms with Crippen molar-refractivity contribution in [2.45, 2.75) is 65.8 Å². The van der Waals surface area contributed by atoms with Crippen LogP contribution in [0.1, 0.15) is 48.5 Å². The molecule has 0 bridgehead atoms. The molecular weight excluding hydrogens is 384 g/mol. The molecule has 2 heterocycles. The molecule has 0 saturated carbocycles. The van der Waals surface area contributed by atoms with Crippen LogP contribution in [0.25, 0.3) is 0 Å². The van der Waals surface area contributed by atoms with E-state index in [0.29, 0.717) is 24.9 Å². The molecule has 0 spiro atoms. The minimum atomic E-state index is -0.519. The molecule has 0 radical (unpaired) electrons. The summed E-state index contributed by atoms with van der Waals surface area (Å²) in [4.78, 5) is 26.6. The first-order valence-corrected chi connectivity index (χ1v) is 10.6. The highest BCUT2D eigenvalue weighted by Crippen LogP contribution is 2.25. The minimum Gasteiger partial charge on any atom is -0.444 e. The van der Waals surface area contributed by atoms with Crippen molar-refractivity contribution in [1.82, 2.24) is 9.80 Å². The van der Waals surface area contributed by atoms with Crippen molar-refractivity contribution in [3.63, 3.8) is 0 Å². The fourth-order valence-corrected chi connectivity index (χ4v) is 3.29. The summed E-state index contributed by atoms with van der Waals surface area (Å²) in [6, 6.07) is 0. The Morgan fingerprint density at radius 1 is 0.833 bits per heavy atom. The van der Waals surface area contributed by atoms with E-state index in [1.165, 1.54) is 4.90 Å². The fraction of sp³-hybridized carbons (Fsp3) is 0.739. The molecule has 30 heavy (non-hydrogen) atoms. The molecule has 0 aromatic carbocycles. The number of ether oxygens (including phenoxy) is 2. The molecule has 1 N–H and O–H groups in total. The van der Waals surface area contributed by atoms with E-state index < -0.39 is 17.3 Å². The smallest absolute Gasteiger partial charge is 0.410 e. The van der Waals surface area contributed by atoms with E-state index in [1.807, 2.05) is 47.6 Å². The lowest BCUT2D eigenvalue weighted by atomic mass is 9.99. The molecule has 2 saturated heterocycles. The number of β-amino-alcohol motifs (C(OH)–C–C–N with tert-alkyl or cyclic N) is 1. The number of rotatable bonds is 2. The summed E-state index contributed by atoms with van der Waals surface area (Å²) in [5.41, 5.74) is -0.902. The van der Waals surface area contributed by atoms with E-state index in [2.05, 4.69) is 20.1 Å². The predicted molar refractivity (Wildman–Crippen MR) is 118 cm³/mol. The van der Waals surface area contributed by atoms with Crippen LogP contribution < -0.4 is 0 Å². The summed E-state index contributed by atoms with van der Waals surface area (Å²) in [5.74, 6) is 0.838. The zero-order valence-electron chi connectivity index (χ0n) is 19.7. The van der Waals surface area contributed by atoms with Gasteiger partial charge in [0.25, 0.3) is 0 Å². The lowest BCUT2D eigenvalue weighted by Crippen LogP contribution is -2.35. The summed E-state index contributed by atoms with van der Waals surface area (Å²) in [5, 5.41) is 9.59. The van der Waals surface area contributed by atoms with Crippen LogP contribution in [0.15, 0.2) is 25.3 Å². The Morgan fingerprint density at radius 2 is 1.23 bits per heavy atom. The van der Waals surface area contributed by atoms with Gasteiger partial charge in [0.2, 0.25) is 0 Å². The maximum atomic E-state index is 11.7. The predicted octanol–water partition coefficient (Wildman–Crippen LogP) is 4.08. The van der Waals surface area contributed by atoms with E-state index in [9.17, 15) is 14.7 Å². The Hall–Kier alpha value is -2.02. The Labute approximate surface area is 181 Å². The molecule has 4 atom stereocenters. The van der Waals surface area contributed by atoms with Crippen LogP contribution in [-0.2, 0) is 9.47 Å². The number of amides is 2. The number of aliphatic hydroxyl groups excluding tert-OH is 1. The van der Waals surface area contributed by atoms with Crippen molar-refractivity contribution in [2.75, 3.05) is 26.2 Å². The fourth-order valence-electron chi connectivity index (χ4n) is 3.29. The van der Waals surface area contributed by atoms with E-state index in [1.54, 1.807) is 11.0 Å². The van der Waals surface area contributed by atoms with Crippen LogP contribution in [0.4, 0.5) is 9.59 Å². The number of carbonyl (C=O) groups excluding carboxylic acids is 2. The molecular formula is C23H40N2O5. The van der Waals surface area contributed by atoms with Crippen molar-refractivity contribution in [3.05, 3.63) is 25.3 Å². The summed E-state index contributed by atoms with van der Waals surface area (Å²) in [6.45, 7) is 23.0. The Morgan fingerprint density at radius 3 is 1.57 bits per heavy atom. The first-order valence-electron chi connectivity index (χ1n) is 10.6. The second-order valence-corrected chi connectivity index (χ2v) is 10.1. The van der Waals surface area contributed by atoms with Crippen LogP contribution >= 0.6 is 0 Å². The molecule has 2 aliphatic rings. The molecule has 7 nitrogen and oxygen atoms in total. The van der Waals surface area contributed by atoms with Crippen LogP contribution in [0.3, 0.4) is 0 Å². The van der Waals surface area contributed by atoms with Gasteiger partial charge in [-0.3, -0.25) is 0 Å². The molecule has 0 unspecified atom stereocenters. The van der Waals surface area contributed by atoms with E-state index in [-0.39, 0.29) is 18.1 Å². The molecule has 2 aliphatic heterocycles. The topological polar surface area (TPSA) is 79.3 Å². The van der Waals surface area contributed by atoms with Crippen LogP contribution in [0.2, 0.25) is 0 Å². The number of hydrogen-bond donors (Lipinski definition) is 1. The highest BCUT2D eigenvalue weighted by atomic mass is 16.6. The Balaban J connectivity index is 0.000000300. The molecule has 2 fully saturated rings. The maximum absolute atomic E-state index is 11.7. The molecule has 0 aliphatic carbocycles. The first kappa shape index (κ1) is 26.0. The van der Waals surface area contributed by atoms with Gasteiger partial charge in [-0.25, -0.2) is 9.59 Å². The van der Waals surface area contributed by atoms with Gasteiger partial charge in [-0.1, -0.05) is 19.1 Å². The zero-order chi connectivity index (χ0) is 23.3. The first-order chi connectivity index (χ1) is 13.7. The molecule has 0 aromatic rings. The number of aliphatic hydroxyl groups is 1. The number of likely N-dealkylation sites (tertiary alicyclic amines) is 2. The third kappa shape index (κ3) is 8.38. The summed E-state index contributed by atoms with van der Waals surface area (Å²) >= 11 is 0. The highest BCUT2D eigenvalue weighted by molar-refractivity contribution is 5.69. The molecule has 7 heteroatoms. The van der Waals surface area contributed by atoms with Crippen molar-refractivity contribution in [2.24, 2.45) is 17.8 Å². The SMILES string of the molecule is C=C[C@@H]1CN(C(=O)OC(C)(C)C)C[C@@H]1C.C=C[C@@H]1CN(C(=O)OC(C)(C)C)C[C@@H]1O.